The zero-order valence-electron chi connectivity index (χ0n) is 13.8. The molecule has 0 aliphatic carbocycles. The topological polar surface area (TPSA) is 65.4 Å². The van der Waals surface area contributed by atoms with Crippen molar-refractivity contribution in [3.63, 3.8) is 0 Å². The molecule has 2 heterocycles. The number of hydrogen-bond donors (Lipinski definition) is 1. The van der Waals surface area contributed by atoms with Crippen molar-refractivity contribution in [3.05, 3.63) is 76.6 Å². The van der Waals surface area contributed by atoms with E-state index in [1.165, 1.54) is 16.7 Å². The van der Waals surface area contributed by atoms with Crippen molar-refractivity contribution in [2.45, 2.75) is 6.54 Å². The lowest BCUT2D eigenvalue weighted by Gasteiger charge is -2.19. The smallest absolute Gasteiger partial charge is 0.297 e. The highest BCUT2D eigenvalue weighted by molar-refractivity contribution is 5.50. The van der Waals surface area contributed by atoms with Gasteiger partial charge in [-0.1, -0.05) is 12.1 Å². The average molecular weight is 353 g/mol. The molecule has 6 nitrogen and oxygen atoms in total. The zero-order chi connectivity index (χ0) is 17.9. The van der Waals surface area contributed by atoms with Crippen molar-refractivity contribution in [2.75, 3.05) is 18.5 Å². The third kappa shape index (κ3) is 3.23. The predicted molar refractivity (Wildman–Crippen MR) is 94.6 cm³/mol. The van der Waals surface area contributed by atoms with Gasteiger partial charge in [-0.05, 0) is 29.8 Å². The normalized spacial score (nSPS) is 12.7. The Hall–Kier alpha value is -3.35. The first-order valence-electron chi connectivity index (χ1n) is 8.17. The van der Waals surface area contributed by atoms with E-state index in [1.807, 2.05) is 0 Å². The summed E-state index contributed by atoms with van der Waals surface area (Å²) >= 11 is 0. The Bertz CT molecular complexity index is 986. The lowest BCUT2D eigenvalue weighted by Crippen LogP contribution is -2.23. The van der Waals surface area contributed by atoms with Crippen LogP contribution in [-0.4, -0.2) is 22.8 Å². The molecule has 1 aromatic heterocycles. The number of aromatic nitrogens is 2. The monoisotopic (exact) mass is 353 g/mol. The number of rotatable bonds is 4. The number of halogens is 1. The van der Waals surface area contributed by atoms with Gasteiger partial charge >= 0.3 is 0 Å². The highest BCUT2D eigenvalue weighted by atomic mass is 19.1. The van der Waals surface area contributed by atoms with Gasteiger partial charge in [-0.3, -0.25) is 9.36 Å². The number of benzene rings is 2. The van der Waals surface area contributed by atoms with Crippen molar-refractivity contribution >= 4 is 5.82 Å². The first kappa shape index (κ1) is 16.1. The molecule has 0 fully saturated rings. The molecule has 132 valence electrons. The molecule has 0 spiro atoms. The minimum absolute atomic E-state index is 0.215. The number of nitrogens with zero attached hydrogens (tertiary/aromatic N) is 2. The second kappa shape index (κ2) is 6.87. The van der Waals surface area contributed by atoms with Crippen molar-refractivity contribution in [2.24, 2.45) is 0 Å². The van der Waals surface area contributed by atoms with Crippen LogP contribution < -0.4 is 20.3 Å². The zero-order valence-corrected chi connectivity index (χ0v) is 13.8. The minimum atomic E-state index is -0.299. The fourth-order valence-electron chi connectivity index (χ4n) is 2.71. The molecule has 1 N–H and O–H groups in total. The summed E-state index contributed by atoms with van der Waals surface area (Å²) in [7, 11) is 0. The second-order valence-corrected chi connectivity index (χ2v) is 5.76. The van der Waals surface area contributed by atoms with Gasteiger partial charge in [-0.15, -0.1) is 0 Å². The number of nitrogens with one attached hydrogen (secondary N) is 1. The molecule has 7 heteroatoms. The quantitative estimate of drug-likeness (QED) is 0.781. The van der Waals surface area contributed by atoms with Crippen LogP contribution >= 0.6 is 0 Å². The number of hydrogen-bond acceptors (Lipinski definition) is 5. The molecule has 1 aliphatic rings. The van der Waals surface area contributed by atoms with Crippen LogP contribution in [0.1, 0.15) is 5.56 Å². The molecule has 0 saturated carbocycles. The summed E-state index contributed by atoms with van der Waals surface area (Å²) in [5.74, 6) is 1.19. The fraction of sp³-hybridized carbons (Fsp3) is 0.158. The predicted octanol–water partition coefficient (Wildman–Crippen LogP) is 2.75. The molecule has 1 aliphatic heterocycles. The van der Waals surface area contributed by atoms with Crippen molar-refractivity contribution in [1.82, 2.24) is 9.55 Å². The lowest BCUT2D eigenvalue weighted by molar-refractivity contribution is 0.171. The van der Waals surface area contributed by atoms with E-state index in [9.17, 15) is 9.18 Å². The van der Waals surface area contributed by atoms with Gasteiger partial charge in [0.1, 0.15) is 19.0 Å². The van der Waals surface area contributed by atoms with Gasteiger partial charge in [0, 0.05) is 25.0 Å². The first-order chi connectivity index (χ1) is 12.7. The van der Waals surface area contributed by atoms with Crippen LogP contribution in [0.25, 0.3) is 5.69 Å². The van der Waals surface area contributed by atoms with Gasteiger partial charge in [-0.25, -0.2) is 9.37 Å². The highest BCUT2D eigenvalue weighted by Gasteiger charge is 2.14. The number of ether oxygens (including phenoxy) is 2. The van der Waals surface area contributed by atoms with Crippen LogP contribution in [0.2, 0.25) is 0 Å². The van der Waals surface area contributed by atoms with E-state index in [-0.39, 0.29) is 17.2 Å². The van der Waals surface area contributed by atoms with Crippen LogP contribution in [0.3, 0.4) is 0 Å². The van der Waals surface area contributed by atoms with Gasteiger partial charge in [0.25, 0.3) is 5.56 Å². The Morgan fingerprint density at radius 1 is 1.08 bits per heavy atom. The third-order valence-electron chi connectivity index (χ3n) is 4.02. The molecule has 26 heavy (non-hydrogen) atoms. The SMILES string of the molecule is O=c1c(NCc2ccc(F)cc2)nccn1-c1ccc2c(c1)OCCO2. The summed E-state index contributed by atoms with van der Waals surface area (Å²) in [5, 5.41) is 3.00. The Morgan fingerprint density at radius 2 is 1.85 bits per heavy atom. The maximum atomic E-state index is 13.0. The maximum Gasteiger partial charge on any atom is 0.297 e. The van der Waals surface area contributed by atoms with E-state index < -0.39 is 0 Å². The lowest BCUT2D eigenvalue weighted by atomic mass is 10.2. The first-order valence-corrected chi connectivity index (χ1v) is 8.17. The Balaban J connectivity index is 1.59. The summed E-state index contributed by atoms with van der Waals surface area (Å²) in [6.45, 7) is 1.36. The van der Waals surface area contributed by atoms with E-state index in [0.717, 1.165) is 5.56 Å². The minimum Gasteiger partial charge on any atom is -0.486 e. The van der Waals surface area contributed by atoms with Crippen molar-refractivity contribution < 1.29 is 13.9 Å². The van der Waals surface area contributed by atoms with Crippen molar-refractivity contribution in [3.8, 4) is 17.2 Å². The fourth-order valence-corrected chi connectivity index (χ4v) is 2.71. The summed E-state index contributed by atoms with van der Waals surface area (Å²) in [6.07, 6.45) is 3.14. The van der Waals surface area contributed by atoms with Crippen LogP contribution in [0.15, 0.2) is 59.7 Å². The summed E-state index contributed by atoms with van der Waals surface area (Å²) in [5.41, 5.74) is 1.22. The molecule has 4 rings (SSSR count). The molecule has 2 aromatic carbocycles. The number of anilines is 1. The molecule has 0 unspecified atom stereocenters. The number of fused-ring (bicyclic) bond motifs is 1. The van der Waals surface area contributed by atoms with E-state index in [4.69, 9.17) is 9.47 Å². The van der Waals surface area contributed by atoms with Gasteiger partial charge in [0.05, 0.1) is 5.69 Å². The average Bonchev–Trinajstić information content (AvgIpc) is 2.68. The summed E-state index contributed by atoms with van der Waals surface area (Å²) in [4.78, 5) is 16.8. The van der Waals surface area contributed by atoms with E-state index >= 15 is 0 Å². The van der Waals surface area contributed by atoms with E-state index in [1.54, 1.807) is 42.7 Å². The molecule has 3 aromatic rings. The van der Waals surface area contributed by atoms with Crippen LogP contribution in [-0.2, 0) is 6.54 Å². The Morgan fingerprint density at radius 3 is 2.65 bits per heavy atom. The van der Waals surface area contributed by atoms with Gasteiger partial charge < -0.3 is 14.8 Å². The second-order valence-electron chi connectivity index (χ2n) is 5.76. The maximum absolute atomic E-state index is 13.0. The highest BCUT2D eigenvalue weighted by Crippen LogP contribution is 2.31. The molecule has 0 bridgehead atoms. The standard InChI is InChI=1S/C19H16FN3O3/c20-14-3-1-13(2-4-14)12-22-18-19(24)23(8-7-21-18)15-5-6-16-17(11-15)26-10-9-25-16/h1-8,11H,9-10,12H2,(H,21,22). The molecular formula is C19H16FN3O3. The molecule has 0 atom stereocenters. The van der Waals surface area contributed by atoms with Gasteiger partial charge in [0.2, 0.25) is 0 Å². The van der Waals surface area contributed by atoms with Crippen LogP contribution in [0.5, 0.6) is 11.5 Å². The van der Waals surface area contributed by atoms with E-state index in [2.05, 4.69) is 10.3 Å². The Kier molecular flexibility index (Phi) is 4.27. The van der Waals surface area contributed by atoms with Gasteiger partial charge in [-0.2, -0.15) is 0 Å². The van der Waals surface area contributed by atoms with Crippen LogP contribution in [0, 0.1) is 5.82 Å². The molecule has 0 amide bonds. The molecular weight excluding hydrogens is 337 g/mol. The summed E-state index contributed by atoms with van der Waals surface area (Å²) < 4.78 is 25.5. The largest absolute Gasteiger partial charge is 0.486 e. The third-order valence-corrected chi connectivity index (χ3v) is 4.02. The van der Waals surface area contributed by atoms with E-state index in [0.29, 0.717) is 36.9 Å². The Labute approximate surface area is 148 Å². The van der Waals surface area contributed by atoms with Crippen molar-refractivity contribution in [1.29, 1.82) is 0 Å². The summed E-state index contributed by atoms with van der Waals surface area (Å²) in [6, 6.07) is 11.4. The van der Waals surface area contributed by atoms with Crippen LogP contribution in [0.4, 0.5) is 10.2 Å². The van der Waals surface area contributed by atoms with Gasteiger partial charge in [0.15, 0.2) is 17.3 Å². The molecule has 0 saturated heterocycles. The molecule has 0 radical (unpaired) electrons.